The van der Waals surface area contributed by atoms with Gasteiger partial charge in [0.2, 0.25) is 5.88 Å². The molecule has 0 amide bonds. The number of nitrogens with zero attached hydrogens (tertiary/aromatic N) is 2. The first-order valence-corrected chi connectivity index (χ1v) is 9.77. The van der Waals surface area contributed by atoms with Crippen LogP contribution < -0.4 is 5.32 Å². The number of anilines is 2. The van der Waals surface area contributed by atoms with Crippen molar-refractivity contribution < 1.29 is 14.6 Å². The number of hydrogen-bond donors (Lipinski definition) is 3. The first-order valence-electron chi connectivity index (χ1n) is 9.39. The van der Waals surface area contributed by atoms with Gasteiger partial charge in [-0.05, 0) is 36.8 Å². The van der Waals surface area contributed by atoms with Gasteiger partial charge in [0.05, 0.1) is 23.6 Å². The number of hydrogen-bond acceptors (Lipinski definition) is 6. The largest absolute Gasteiger partial charge is 0.494 e. The molecular formula is C22H19ClN4O3. The van der Waals surface area contributed by atoms with Gasteiger partial charge in [0.1, 0.15) is 11.2 Å². The number of nitrogens with one attached hydrogen (secondary N) is 2. The zero-order chi connectivity index (χ0) is 21.1. The summed E-state index contributed by atoms with van der Waals surface area (Å²) in [5.74, 6) is 0.579. The predicted molar refractivity (Wildman–Crippen MR) is 116 cm³/mol. The number of aromatic hydroxyl groups is 1. The molecule has 30 heavy (non-hydrogen) atoms. The molecule has 4 aromatic rings. The van der Waals surface area contributed by atoms with E-state index in [1.807, 2.05) is 42.5 Å². The number of aromatic nitrogens is 3. The van der Waals surface area contributed by atoms with Gasteiger partial charge in [-0.1, -0.05) is 35.9 Å². The SMILES string of the molecule is CCOC(=O)Cc1ccc(Nc2nc(-c3ccccc3Cl)nc3c[nH]c(O)c23)cc1. The molecule has 0 atom stereocenters. The Kier molecular flexibility index (Phi) is 5.54. The third kappa shape index (κ3) is 4.06. The van der Waals surface area contributed by atoms with Crippen LogP contribution in [0.3, 0.4) is 0 Å². The van der Waals surface area contributed by atoms with Crippen LogP contribution in [-0.2, 0) is 16.0 Å². The quantitative estimate of drug-likeness (QED) is 0.385. The molecule has 0 aliphatic carbocycles. The van der Waals surface area contributed by atoms with Crippen LogP contribution in [0.1, 0.15) is 12.5 Å². The van der Waals surface area contributed by atoms with Crippen LogP contribution in [0.2, 0.25) is 5.02 Å². The summed E-state index contributed by atoms with van der Waals surface area (Å²) < 4.78 is 4.98. The van der Waals surface area contributed by atoms with Gasteiger partial charge in [0.15, 0.2) is 5.82 Å². The lowest BCUT2D eigenvalue weighted by molar-refractivity contribution is -0.142. The van der Waals surface area contributed by atoms with Gasteiger partial charge in [-0.2, -0.15) is 0 Å². The number of aromatic amines is 1. The van der Waals surface area contributed by atoms with Crippen molar-refractivity contribution in [2.24, 2.45) is 0 Å². The van der Waals surface area contributed by atoms with E-state index in [0.717, 1.165) is 11.3 Å². The molecule has 2 aromatic carbocycles. The summed E-state index contributed by atoms with van der Waals surface area (Å²) in [5, 5.41) is 14.5. The predicted octanol–water partition coefficient (Wildman–Crippen LogP) is 4.83. The summed E-state index contributed by atoms with van der Waals surface area (Å²) in [7, 11) is 0. The van der Waals surface area contributed by atoms with E-state index >= 15 is 0 Å². The molecule has 0 radical (unpaired) electrons. The Labute approximate surface area is 177 Å². The van der Waals surface area contributed by atoms with Gasteiger partial charge in [-0.25, -0.2) is 9.97 Å². The third-order valence-corrected chi connectivity index (χ3v) is 4.83. The number of rotatable bonds is 6. The van der Waals surface area contributed by atoms with Crippen molar-refractivity contribution in [1.82, 2.24) is 15.0 Å². The Morgan fingerprint density at radius 3 is 2.67 bits per heavy atom. The molecule has 0 fully saturated rings. The monoisotopic (exact) mass is 422 g/mol. The van der Waals surface area contributed by atoms with Crippen LogP contribution in [0.25, 0.3) is 22.3 Å². The van der Waals surface area contributed by atoms with Gasteiger partial charge in [0, 0.05) is 17.4 Å². The average Bonchev–Trinajstić information content (AvgIpc) is 3.11. The summed E-state index contributed by atoms with van der Waals surface area (Å²) >= 11 is 6.31. The highest BCUT2D eigenvalue weighted by atomic mass is 35.5. The fraction of sp³-hybridized carbons (Fsp3) is 0.136. The number of benzene rings is 2. The number of ether oxygens (including phenoxy) is 1. The summed E-state index contributed by atoms with van der Waals surface area (Å²) in [6.45, 7) is 2.14. The van der Waals surface area contributed by atoms with Gasteiger partial charge < -0.3 is 20.1 Å². The molecule has 7 nitrogen and oxygen atoms in total. The second kappa shape index (κ2) is 8.42. The highest BCUT2D eigenvalue weighted by Gasteiger charge is 2.16. The molecule has 0 aliphatic rings. The lowest BCUT2D eigenvalue weighted by Crippen LogP contribution is -2.07. The minimum Gasteiger partial charge on any atom is -0.494 e. The van der Waals surface area contributed by atoms with Crippen molar-refractivity contribution in [2.45, 2.75) is 13.3 Å². The van der Waals surface area contributed by atoms with Crippen LogP contribution in [0.5, 0.6) is 5.88 Å². The van der Waals surface area contributed by atoms with Gasteiger partial charge in [-0.3, -0.25) is 4.79 Å². The Morgan fingerprint density at radius 2 is 1.93 bits per heavy atom. The fourth-order valence-electron chi connectivity index (χ4n) is 3.10. The maximum Gasteiger partial charge on any atom is 0.310 e. The first-order chi connectivity index (χ1) is 14.5. The molecule has 4 rings (SSSR count). The molecule has 2 aromatic heterocycles. The Balaban J connectivity index is 1.67. The van der Waals surface area contributed by atoms with E-state index in [4.69, 9.17) is 16.3 Å². The molecule has 0 bridgehead atoms. The van der Waals surface area contributed by atoms with E-state index in [0.29, 0.717) is 39.7 Å². The smallest absolute Gasteiger partial charge is 0.310 e. The topological polar surface area (TPSA) is 100 Å². The van der Waals surface area contributed by atoms with Crippen LogP contribution in [0.4, 0.5) is 11.5 Å². The maximum absolute atomic E-state index is 11.6. The van der Waals surface area contributed by atoms with E-state index in [1.165, 1.54) is 0 Å². The highest BCUT2D eigenvalue weighted by molar-refractivity contribution is 6.33. The third-order valence-electron chi connectivity index (χ3n) is 4.50. The zero-order valence-electron chi connectivity index (χ0n) is 16.1. The lowest BCUT2D eigenvalue weighted by Gasteiger charge is -2.11. The van der Waals surface area contributed by atoms with Crippen LogP contribution in [-0.4, -0.2) is 32.6 Å². The Morgan fingerprint density at radius 1 is 1.17 bits per heavy atom. The van der Waals surface area contributed by atoms with Gasteiger partial charge in [0.25, 0.3) is 0 Å². The van der Waals surface area contributed by atoms with Crippen molar-refractivity contribution >= 4 is 40.0 Å². The second-order valence-electron chi connectivity index (χ2n) is 6.58. The van der Waals surface area contributed by atoms with Crippen molar-refractivity contribution in [3.63, 3.8) is 0 Å². The van der Waals surface area contributed by atoms with Crippen molar-refractivity contribution in [3.05, 3.63) is 65.3 Å². The first kappa shape index (κ1) is 19.7. The summed E-state index contributed by atoms with van der Waals surface area (Å²) in [5.41, 5.74) is 2.83. The van der Waals surface area contributed by atoms with Crippen LogP contribution in [0, 0.1) is 0 Å². The van der Waals surface area contributed by atoms with E-state index < -0.39 is 0 Å². The lowest BCUT2D eigenvalue weighted by atomic mass is 10.1. The van der Waals surface area contributed by atoms with Gasteiger partial charge >= 0.3 is 5.97 Å². The normalized spacial score (nSPS) is 10.9. The average molecular weight is 423 g/mol. The zero-order valence-corrected chi connectivity index (χ0v) is 16.9. The molecule has 0 saturated carbocycles. The van der Waals surface area contributed by atoms with Crippen molar-refractivity contribution in [2.75, 3.05) is 11.9 Å². The summed E-state index contributed by atoms with van der Waals surface area (Å²) in [6, 6.07) is 14.6. The van der Waals surface area contributed by atoms with Crippen molar-refractivity contribution in [3.8, 4) is 17.3 Å². The number of carbonyl (C=O) groups excluding carboxylic acids is 1. The minimum atomic E-state index is -0.266. The molecule has 0 unspecified atom stereocenters. The highest BCUT2D eigenvalue weighted by Crippen LogP contribution is 2.34. The van der Waals surface area contributed by atoms with Gasteiger partial charge in [-0.15, -0.1) is 0 Å². The maximum atomic E-state index is 11.6. The number of fused-ring (bicyclic) bond motifs is 1. The van der Waals surface area contributed by atoms with Crippen LogP contribution >= 0.6 is 11.6 Å². The molecule has 2 heterocycles. The number of esters is 1. The van der Waals surface area contributed by atoms with Crippen LogP contribution in [0.15, 0.2) is 54.7 Å². The molecule has 152 valence electrons. The van der Waals surface area contributed by atoms with E-state index in [1.54, 1.807) is 19.2 Å². The molecule has 3 N–H and O–H groups in total. The second-order valence-corrected chi connectivity index (χ2v) is 6.98. The summed E-state index contributed by atoms with van der Waals surface area (Å²) in [4.78, 5) is 23.5. The molecule has 8 heteroatoms. The van der Waals surface area contributed by atoms with E-state index in [9.17, 15) is 9.90 Å². The minimum absolute atomic E-state index is 0.0304. The summed E-state index contributed by atoms with van der Waals surface area (Å²) in [6.07, 6.45) is 1.82. The Bertz CT molecular complexity index is 1200. The molecule has 0 aliphatic heterocycles. The number of carbonyl (C=O) groups is 1. The Hall–Kier alpha value is -3.58. The fourth-order valence-corrected chi connectivity index (χ4v) is 3.32. The van der Waals surface area contributed by atoms with E-state index in [2.05, 4.69) is 20.3 Å². The van der Waals surface area contributed by atoms with Crippen molar-refractivity contribution in [1.29, 1.82) is 0 Å². The molecule has 0 spiro atoms. The van der Waals surface area contributed by atoms with E-state index in [-0.39, 0.29) is 18.3 Å². The molecule has 0 saturated heterocycles. The number of halogens is 1. The molecular weight excluding hydrogens is 404 g/mol. The number of H-pyrrole nitrogens is 1. The standard InChI is InChI=1S/C22H19ClN4O3/c1-2-30-18(28)11-13-7-9-14(10-8-13)25-21-19-17(12-24-22(19)29)26-20(27-21)15-5-3-4-6-16(15)23/h3-10,12,24,29H,2,11H2,1H3,(H,25,26,27).